The Morgan fingerprint density at radius 3 is 2.14 bits per heavy atom. The van der Waals surface area contributed by atoms with Crippen molar-refractivity contribution in [1.29, 1.82) is 0 Å². The van der Waals surface area contributed by atoms with Crippen LogP contribution in [0.4, 0.5) is 0 Å². The van der Waals surface area contributed by atoms with Gasteiger partial charge in [0.05, 0.1) is 0 Å². The van der Waals surface area contributed by atoms with Crippen molar-refractivity contribution in [3.8, 4) is 0 Å². The molecule has 0 nitrogen and oxygen atoms in total. The first kappa shape index (κ1) is 16.2. The smallest absolute Gasteiger partial charge is 0.0900 e. The molecule has 1 aliphatic carbocycles. The van der Waals surface area contributed by atoms with E-state index in [4.69, 9.17) is 0 Å². The van der Waals surface area contributed by atoms with Gasteiger partial charge in [0, 0.05) is 5.57 Å². The van der Waals surface area contributed by atoms with Gasteiger partial charge in [-0.15, -0.1) is 0 Å². The van der Waals surface area contributed by atoms with Gasteiger partial charge < -0.3 is 0 Å². The van der Waals surface area contributed by atoms with Crippen molar-refractivity contribution in [2.45, 2.75) is 69.5 Å². The minimum Gasteiger partial charge on any atom is -0.0900 e. The lowest BCUT2D eigenvalue weighted by molar-refractivity contribution is 0.443. The predicted octanol–water partition coefficient (Wildman–Crippen LogP) is 5.94. The Morgan fingerprint density at radius 2 is 1.55 bits per heavy atom. The van der Waals surface area contributed by atoms with E-state index in [2.05, 4.69) is 44.7 Å². The van der Waals surface area contributed by atoms with Gasteiger partial charge in [0.25, 0.3) is 0 Å². The predicted molar refractivity (Wildman–Crippen MR) is 102 cm³/mol. The van der Waals surface area contributed by atoms with Crippen LogP contribution in [0.1, 0.15) is 75.8 Å². The summed E-state index contributed by atoms with van der Waals surface area (Å²) >= 11 is 0. The Kier molecular flexibility index (Phi) is 5.02. The van der Waals surface area contributed by atoms with E-state index in [1.54, 1.807) is 5.56 Å². The second-order valence-corrected chi connectivity index (χ2v) is 10.4. The van der Waals surface area contributed by atoms with Crippen molar-refractivity contribution in [3.05, 3.63) is 42.0 Å². The summed E-state index contributed by atoms with van der Waals surface area (Å²) in [5.41, 5.74) is 4.27. The zero-order chi connectivity index (χ0) is 15.6. The van der Waals surface area contributed by atoms with Gasteiger partial charge in [0.15, 0.2) is 0 Å². The maximum atomic E-state index is 4.49. The van der Waals surface area contributed by atoms with E-state index in [1.165, 1.54) is 67.6 Å². The molecule has 0 spiro atoms. The third kappa shape index (κ3) is 3.30. The Bertz CT molecular complexity index is 499. The van der Waals surface area contributed by atoms with E-state index >= 15 is 0 Å². The summed E-state index contributed by atoms with van der Waals surface area (Å²) in [6, 6.07) is 9.44. The highest BCUT2D eigenvalue weighted by Crippen LogP contribution is 2.38. The largest absolute Gasteiger partial charge is 0.147 e. The molecule has 2 aliphatic rings. The SMILES string of the molecule is C=C(c1ccc(C2CCCCC2)cc1)C(C)(C)[S+]1CCCC1. The van der Waals surface area contributed by atoms with Gasteiger partial charge in [-0.2, -0.15) is 0 Å². The summed E-state index contributed by atoms with van der Waals surface area (Å²) in [5, 5.41) is 0. The third-order valence-electron chi connectivity index (χ3n) is 5.82. The summed E-state index contributed by atoms with van der Waals surface area (Å²) in [7, 11) is 0.523. The first-order valence-corrected chi connectivity index (χ1v) is 10.6. The van der Waals surface area contributed by atoms with Crippen LogP contribution in [0.3, 0.4) is 0 Å². The van der Waals surface area contributed by atoms with Crippen molar-refractivity contribution >= 4 is 16.5 Å². The van der Waals surface area contributed by atoms with Crippen LogP contribution in [0.5, 0.6) is 0 Å². The molecule has 0 radical (unpaired) electrons. The quantitative estimate of drug-likeness (QED) is 0.603. The molecule has 1 aromatic rings. The molecule has 0 amide bonds. The lowest BCUT2D eigenvalue weighted by Gasteiger charge is -2.27. The number of hydrogen-bond donors (Lipinski definition) is 0. The van der Waals surface area contributed by atoms with E-state index in [0.29, 0.717) is 10.9 Å². The number of hydrogen-bond acceptors (Lipinski definition) is 0. The van der Waals surface area contributed by atoms with Gasteiger partial charge in [0.1, 0.15) is 16.3 Å². The van der Waals surface area contributed by atoms with Crippen molar-refractivity contribution in [1.82, 2.24) is 0 Å². The number of benzene rings is 1. The molecule has 0 aromatic heterocycles. The molecule has 1 heteroatoms. The fourth-order valence-electron chi connectivity index (χ4n) is 4.08. The normalized spacial score (nSPS) is 21.2. The van der Waals surface area contributed by atoms with Crippen LogP contribution in [0.25, 0.3) is 5.57 Å². The molecule has 0 unspecified atom stereocenters. The zero-order valence-corrected chi connectivity index (χ0v) is 15.2. The van der Waals surface area contributed by atoms with Crippen LogP contribution < -0.4 is 0 Å². The maximum absolute atomic E-state index is 4.49. The molecule has 1 saturated heterocycles. The molecule has 1 aromatic carbocycles. The molecule has 0 N–H and O–H groups in total. The molecule has 0 atom stereocenters. The van der Waals surface area contributed by atoms with E-state index in [1.807, 2.05) is 0 Å². The Hall–Kier alpha value is -0.690. The van der Waals surface area contributed by atoms with Gasteiger partial charge >= 0.3 is 0 Å². The second kappa shape index (κ2) is 6.83. The fourth-order valence-corrected chi connectivity index (χ4v) is 6.88. The average Bonchev–Trinajstić information content (AvgIpc) is 3.10. The van der Waals surface area contributed by atoms with E-state index < -0.39 is 0 Å². The molecule has 2 fully saturated rings. The monoisotopic (exact) mass is 315 g/mol. The van der Waals surface area contributed by atoms with Crippen molar-refractivity contribution < 1.29 is 0 Å². The molecular weight excluding hydrogens is 284 g/mol. The van der Waals surface area contributed by atoms with Crippen molar-refractivity contribution in [2.75, 3.05) is 11.5 Å². The first-order valence-electron chi connectivity index (χ1n) is 9.06. The lowest BCUT2D eigenvalue weighted by atomic mass is 9.83. The molecule has 120 valence electrons. The molecule has 22 heavy (non-hydrogen) atoms. The lowest BCUT2D eigenvalue weighted by Crippen LogP contribution is -2.34. The van der Waals surface area contributed by atoms with Crippen LogP contribution in [0.15, 0.2) is 30.8 Å². The van der Waals surface area contributed by atoms with Crippen LogP contribution >= 0.6 is 0 Å². The molecule has 0 bridgehead atoms. The standard InChI is InChI=1S/C21H31S/c1-17(21(2,3)22-15-7-8-16-22)18-11-13-20(14-12-18)19-9-5-4-6-10-19/h11-14,19H,1,4-10,15-16H2,2-3H3/q+1. The highest BCUT2D eigenvalue weighted by molar-refractivity contribution is 7.98. The van der Waals surface area contributed by atoms with Gasteiger partial charge in [-0.25, -0.2) is 0 Å². The molecule has 3 rings (SSSR count). The minimum atomic E-state index is 0.267. The summed E-state index contributed by atoms with van der Waals surface area (Å²) in [6.07, 6.45) is 9.86. The van der Waals surface area contributed by atoms with Gasteiger partial charge in [-0.3, -0.25) is 0 Å². The number of rotatable bonds is 4. The molecular formula is C21H31S+. The Labute approximate surface area is 139 Å². The van der Waals surface area contributed by atoms with Crippen LogP contribution in [0, 0.1) is 0 Å². The molecule has 1 saturated carbocycles. The topological polar surface area (TPSA) is 0 Å². The first-order chi connectivity index (χ1) is 10.6. The summed E-state index contributed by atoms with van der Waals surface area (Å²) in [6.45, 7) is 9.32. The van der Waals surface area contributed by atoms with Crippen LogP contribution in [0.2, 0.25) is 0 Å². The highest BCUT2D eigenvalue weighted by Gasteiger charge is 2.43. The highest BCUT2D eigenvalue weighted by atomic mass is 32.2. The second-order valence-electron chi connectivity index (χ2n) is 7.55. The Balaban J connectivity index is 1.72. The maximum Gasteiger partial charge on any atom is 0.147 e. The Morgan fingerprint density at radius 1 is 0.955 bits per heavy atom. The van der Waals surface area contributed by atoms with Crippen molar-refractivity contribution in [2.24, 2.45) is 0 Å². The third-order valence-corrected chi connectivity index (χ3v) is 9.07. The summed E-state index contributed by atoms with van der Waals surface area (Å²) in [5.74, 6) is 3.62. The minimum absolute atomic E-state index is 0.267. The van der Waals surface area contributed by atoms with E-state index in [0.717, 1.165) is 5.92 Å². The molecule has 1 aliphatic heterocycles. The van der Waals surface area contributed by atoms with E-state index in [-0.39, 0.29) is 4.75 Å². The average molecular weight is 316 g/mol. The van der Waals surface area contributed by atoms with Crippen molar-refractivity contribution in [3.63, 3.8) is 0 Å². The van der Waals surface area contributed by atoms with Gasteiger partial charge in [0.2, 0.25) is 0 Å². The van der Waals surface area contributed by atoms with Crippen LogP contribution in [-0.2, 0) is 10.9 Å². The van der Waals surface area contributed by atoms with Gasteiger partial charge in [-0.1, -0.05) is 50.1 Å². The summed E-state index contributed by atoms with van der Waals surface area (Å²) < 4.78 is 0.267. The summed E-state index contributed by atoms with van der Waals surface area (Å²) in [4.78, 5) is 0. The van der Waals surface area contributed by atoms with Crippen LogP contribution in [-0.4, -0.2) is 16.3 Å². The zero-order valence-electron chi connectivity index (χ0n) is 14.4. The fraction of sp³-hybridized carbons (Fsp3) is 0.619. The van der Waals surface area contributed by atoms with Gasteiger partial charge in [-0.05, 0) is 67.5 Å². The van der Waals surface area contributed by atoms with E-state index in [9.17, 15) is 0 Å². The molecule has 1 heterocycles.